The molecule has 1 aliphatic carbocycles. The molecule has 0 aromatic heterocycles. The molecule has 3 atom stereocenters. The molecule has 1 aromatic rings. The first kappa shape index (κ1) is 20.9. The Balaban J connectivity index is 1.72. The molecule has 1 fully saturated rings. The molecule has 0 unspecified atom stereocenters. The van der Waals surface area contributed by atoms with E-state index in [0.29, 0.717) is 23.3 Å². The Morgan fingerprint density at radius 3 is 2.48 bits per heavy atom. The Labute approximate surface area is 160 Å². The normalized spacial score (nSPS) is 22.1. The minimum atomic E-state index is -0.673. The number of benzene rings is 1. The van der Waals surface area contributed by atoms with Crippen molar-refractivity contribution < 1.29 is 23.9 Å². The summed E-state index contributed by atoms with van der Waals surface area (Å²) in [6, 6.07) is 8.57. The zero-order valence-corrected chi connectivity index (χ0v) is 16.3. The third kappa shape index (κ3) is 6.70. The maximum absolute atomic E-state index is 12.1. The van der Waals surface area contributed by atoms with Crippen LogP contribution in [0.2, 0.25) is 0 Å². The third-order valence-electron chi connectivity index (χ3n) is 5.02. The van der Waals surface area contributed by atoms with E-state index in [4.69, 9.17) is 9.47 Å². The predicted molar refractivity (Wildman–Crippen MR) is 101 cm³/mol. The van der Waals surface area contributed by atoms with Gasteiger partial charge in [-0.2, -0.15) is 0 Å². The van der Waals surface area contributed by atoms with Crippen LogP contribution in [0.1, 0.15) is 50.4 Å². The summed E-state index contributed by atoms with van der Waals surface area (Å²) in [5.74, 6) is -0.284. The molecule has 27 heavy (non-hydrogen) atoms. The first-order chi connectivity index (χ1) is 12.9. The number of hydrogen-bond acceptors (Lipinski definition) is 5. The lowest BCUT2D eigenvalue weighted by molar-refractivity contribution is -0.166. The molecule has 1 aliphatic rings. The van der Waals surface area contributed by atoms with E-state index in [1.54, 1.807) is 30.3 Å². The summed E-state index contributed by atoms with van der Waals surface area (Å²) >= 11 is 0. The van der Waals surface area contributed by atoms with Crippen LogP contribution in [0.4, 0.5) is 0 Å². The van der Waals surface area contributed by atoms with Gasteiger partial charge in [-0.25, -0.2) is 4.79 Å². The molecule has 0 spiro atoms. The van der Waals surface area contributed by atoms with Gasteiger partial charge in [-0.05, 0) is 42.7 Å². The highest BCUT2D eigenvalue weighted by molar-refractivity contribution is 5.95. The highest BCUT2D eigenvalue weighted by atomic mass is 16.6. The van der Waals surface area contributed by atoms with E-state index in [-0.39, 0.29) is 18.6 Å². The molecule has 0 heterocycles. The lowest BCUT2D eigenvalue weighted by Crippen LogP contribution is -2.37. The highest BCUT2D eigenvalue weighted by Gasteiger charge is 2.33. The fourth-order valence-corrected chi connectivity index (χ4v) is 3.49. The van der Waals surface area contributed by atoms with Crippen LogP contribution in [-0.2, 0) is 19.1 Å². The van der Waals surface area contributed by atoms with Gasteiger partial charge in [0.25, 0.3) is 5.91 Å². The van der Waals surface area contributed by atoms with Gasteiger partial charge in [0.05, 0.1) is 0 Å². The molecule has 0 aliphatic heterocycles. The smallest absolute Gasteiger partial charge is 0.344 e. The molecule has 0 saturated heterocycles. The van der Waals surface area contributed by atoms with Crippen LogP contribution in [0.25, 0.3) is 0 Å². The van der Waals surface area contributed by atoms with Gasteiger partial charge in [-0.15, -0.1) is 0 Å². The fourth-order valence-electron chi connectivity index (χ4n) is 3.49. The third-order valence-corrected chi connectivity index (χ3v) is 5.02. The van der Waals surface area contributed by atoms with Gasteiger partial charge in [0.2, 0.25) is 0 Å². The number of amides is 1. The number of carbonyl (C=O) groups is 3. The summed E-state index contributed by atoms with van der Waals surface area (Å²) in [5.41, 5.74) is 0.454. The SMILES string of the molecule is CC(C)[C@@H]1CC[C@@H](C)C[C@@H]1OC(=O)COC(=O)CNC(=O)c1ccccc1. The second-order valence-electron chi connectivity index (χ2n) is 7.56. The molecule has 1 amide bonds. The molecule has 0 radical (unpaired) electrons. The molecular formula is C21H29NO5. The summed E-state index contributed by atoms with van der Waals surface area (Å²) in [5, 5.41) is 2.47. The summed E-state index contributed by atoms with van der Waals surface area (Å²) in [4.78, 5) is 35.7. The maximum Gasteiger partial charge on any atom is 0.344 e. The lowest BCUT2D eigenvalue weighted by Gasteiger charge is -2.36. The molecule has 148 valence electrons. The minimum Gasteiger partial charge on any atom is -0.460 e. The van der Waals surface area contributed by atoms with Gasteiger partial charge in [-0.3, -0.25) is 9.59 Å². The van der Waals surface area contributed by atoms with Crippen LogP contribution >= 0.6 is 0 Å². The van der Waals surface area contributed by atoms with Gasteiger partial charge in [0.1, 0.15) is 12.6 Å². The van der Waals surface area contributed by atoms with Crippen molar-refractivity contribution in [1.29, 1.82) is 0 Å². The van der Waals surface area contributed by atoms with Crippen molar-refractivity contribution in [3.05, 3.63) is 35.9 Å². The topological polar surface area (TPSA) is 81.7 Å². The van der Waals surface area contributed by atoms with Gasteiger partial charge >= 0.3 is 11.9 Å². The van der Waals surface area contributed by atoms with Gasteiger partial charge in [-0.1, -0.05) is 45.4 Å². The first-order valence-electron chi connectivity index (χ1n) is 9.55. The van der Waals surface area contributed by atoms with E-state index in [1.807, 2.05) is 0 Å². The number of rotatable bonds is 7. The zero-order chi connectivity index (χ0) is 19.8. The number of ether oxygens (including phenoxy) is 2. The molecular weight excluding hydrogens is 346 g/mol. The Morgan fingerprint density at radius 2 is 1.81 bits per heavy atom. The van der Waals surface area contributed by atoms with Crippen LogP contribution in [0, 0.1) is 17.8 Å². The molecule has 6 nitrogen and oxygen atoms in total. The lowest BCUT2D eigenvalue weighted by atomic mass is 9.75. The summed E-state index contributed by atoms with van der Waals surface area (Å²) < 4.78 is 10.5. The van der Waals surface area contributed by atoms with Crippen molar-refractivity contribution in [2.45, 2.75) is 46.1 Å². The Morgan fingerprint density at radius 1 is 1.11 bits per heavy atom. The second-order valence-corrected chi connectivity index (χ2v) is 7.56. The molecule has 6 heteroatoms. The van der Waals surface area contributed by atoms with E-state index in [2.05, 4.69) is 26.1 Å². The van der Waals surface area contributed by atoms with Crippen molar-refractivity contribution in [3.63, 3.8) is 0 Å². The van der Waals surface area contributed by atoms with Crippen LogP contribution in [-0.4, -0.2) is 37.1 Å². The van der Waals surface area contributed by atoms with E-state index in [9.17, 15) is 14.4 Å². The largest absolute Gasteiger partial charge is 0.460 e. The monoisotopic (exact) mass is 375 g/mol. The fraction of sp³-hybridized carbons (Fsp3) is 0.571. The zero-order valence-electron chi connectivity index (χ0n) is 16.3. The number of carbonyl (C=O) groups excluding carboxylic acids is 3. The maximum atomic E-state index is 12.1. The minimum absolute atomic E-state index is 0.127. The van der Waals surface area contributed by atoms with Crippen LogP contribution < -0.4 is 5.32 Å². The van der Waals surface area contributed by atoms with E-state index >= 15 is 0 Å². The number of nitrogens with one attached hydrogen (secondary N) is 1. The molecule has 2 rings (SSSR count). The van der Waals surface area contributed by atoms with E-state index in [0.717, 1.165) is 19.3 Å². The van der Waals surface area contributed by atoms with Gasteiger partial charge < -0.3 is 14.8 Å². The Hall–Kier alpha value is -2.37. The average Bonchev–Trinajstić information content (AvgIpc) is 2.65. The van der Waals surface area contributed by atoms with E-state index < -0.39 is 18.5 Å². The van der Waals surface area contributed by atoms with Crippen LogP contribution in [0.3, 0.4) is 0 Å². The molecule has 1 N–H and O–H groups in total. The van der Waals surface area contributed by atoms with Crippen LogP contribution in [0.15, 0.2) is 30.3 Å². The van der Waals surface area contributed by atoms with Crippen molar-refractivity contribution in [2.75, 3.05) is 13.2 Å². The summed E-state index contributed by atoms with van der Waals surface area (Å²) in [6.45, 7) is 5.70. The van der Waals surface area contributed by atoms with Crippen molar-refractivity contribution in [2.24, 2.45) is 17.8 Å². The first-order valence-corrected chi connectivity index (χ1v) is 9.55. The molecule has 0 bridgehead atoms. The van der Waals surface area contributed by atoms with Crippen LogP contribution in [0.5, 0.6) is 0 Å². The summed E-state index contributed by atoms with van der Waals surface area (Å²) in [6.07, 6.45) is 2.91. The average molecular weight is 375 g/mol. The van der Waals surface area contributed by atoms with Crippen molar-refractivity contribution in [3.8, 4) is 0 Å². The quantitative estimate of drug-likeness (QED) is 0.741. The second kappa shape index (κ2) is 10.1. The molecule has 1 aromatic carbocycles. The van der Waals surface area contributed by atoms with Gasteiger partial charge in [0, 0.05) is 5.56 Å². The van der Waals surface area contributed by atoms with E-state index in [1.165, 1.54) is 0 Å². The molecule has 1 saturated carbocycles. The highest BCUT2D eigenvalue weighted by Crippen LogP contribution is 2.35. The Kier molecular flexibility index (Phi) is 7.82. The predicted octanol–water partition coefficient (Wildman–Crippen LogP) is 2.96. The number of hydrogen-bond donors (Lipinski definition) is 1. The number of esters is 2. The Bertz CT molecular complexity index is 643. The standard InChI is InChI=1S/C21H29NO5/c1-14(2)17-10-9-15(3)11-18(17)27-20(24)13-26-19(23)12-22-21(25)16-7-5-4-6-8-16/h4-8,14-15,17-18H,9-13H2,1-3H3,(H,22,25)/t15-,17+,18+/m1/s1. The summed E-state index contributed by atoms with van der Waals surface area (Å²) in [7, 11) is 0. The van der Waals surface area contributed by atoms with Crippen molar-refractivity contribution in [1.82, 2.24) is 5.32 Å². The van der Waals surface area contributed by atoms with Crippen molar-refractivity contribution >= 4 is 17.8 Å². The van der Waals surface area contributed by atoms with Gasteiger partial charge in [0.15, 0.2) is 6.61 Å².